The molecule has 0 spiro atoms. The molecule has 6 nitrogen and oxygen atoms in total. The molecule has 6 heteroatoms. The van der Waals surface area contributed by atoms with Crippen molar-refractivity contribution >= 4 is 17.9 Å². The summed E-state index contributed by atoms with van der Waals surface area (Å²) in [7, 11) is 0. The number of nitrogens with one attached hydrogen (secondary N) is 1. The zero-order chi connectivity index (χ0) is 15.6. The minimum atomic E-state index is -1.17. The van der Waals surface area contributed by atoms with E-state index in [4.69, 9.17) is 5.11 Å². The van der Waals surface area contributed by atoms with E-state index >= 15 is 0 Å². The highest BCUT2D eigenvalue weighted by atomic mass is 16.4. The van der Waals surface area contributed by atoms with Crippen LogP contribution in [0.4, 0.5) is 4.79 Å². The lowest BCUT2D eigenvalue weighted by atomic mass is 10.0. The number of rotatable bonds is 5. The number of hydrogen-bond donors (Lipinski definition) is 2. The van der Waals surface area contributed by atoms with Crippen molar-refractivity contribution in [3.05, 3.63) is 35.4 Å². The van der Waals surface area contributed by atoms with E-state index in [0.717, 1.165) is 6.42 Å². The van der Waals surface area contributed by atoms with Crippen molar-refractivity contribution in [3.63, 3.8) is 0 Å². The Balaban J connectivity index is 2.32. The van der Waals surface area contributed by atoms with Crippen LogP contribution in [0.1, 0.15) is 47.4 Å². The molecule has 0 bridgehead atoms. The largest absolute Gasteiger partial charge is 0.465 e. The second-order valence-corrected chi connectivity index (χ2v) is 5.12. The fourth-order valence-electron chi connectivity index (χ4n) is 2.70. The van der Waals surface area contributed by atoms with Gasteiger partial charge in [-0.25, -0.2) is 4.79 Å². The molecule has 1 aliphatic heterocycles. The molecule has 3 amide bonds. The molecule has 0 unspecified atom stereocenters. The lowest BCUT2D eigenvalue weighted by molar-refractivity contribution is 0.0539. The van der Waals surface area contributed by atoms with E-state index in [2.05, 4.69) is 5.32 Å². The minimum Gasteiger partial charge on any atom is -0.465 e. The molecule has 0 radical (unpaired) electrons. The predicted octanol–water partition coefficient (Wildman–Crippen LogP) is 2.11. The van der Waals surface area contributed by atoms with Gasteiger partial charge in [-0.05, 0) is 25.5 Å². The van der Waals surface area contributed by atoms with Gasteiger partial charge >= 0.3 is 6.09 Å². The third-order valence-corrected chi connectivity index (χ3v) is 3.67. The Bertz CT molecular complexity index is 550. The maximum Gasteiger partial charge on any atom is 0.404 e. The quantitative estimate of drug-likeness (QED) is 0.813. The van der Waals surface area contributed by atoms with E-state index < -0.39 is 18.2 Å². The van der Waals surface area contributed by atoms with E-state index in [9.17, 15) is 14.4 Å². The van der Waals surface area contributed by atoms with E-state index in [1.54, 1.807) is 31.2 Å². The number of hydrogen-bond acceptors (Lipinski definition) is 3. The van der Waals surface area contributed by atoms with Gasteiger partial charge in [0, 0.05) is 0 Å². The van der Waals surface area contributed by atoms with E-state index in [0.29, 0.717) is 17.5 Å². The van der Waals surface area contributed by atoms with Gasteiger partial charge in [0.1, 0.15) is 0 Å². The van der Waals surface area contributed by atoms with Gasteiger partial charge in [0.2, 0.25) is 0 Å². The third-order valence-electron chi connectivity index (χ3n) is 3.67. The Kier molecular flexibility index (Phi) is 4.26. The topological polar surface area (TPSA) is 86.7 Å². The molecule has 0 saturated heterocycles. The molecule has 1 aliphatic rings. The number of fused-ring (bicyclic) bond motifs is 1. The van der Waals surface area contributed by atoms with Gasteiger partial charge in [-0.1, -0.05) is 25.5 Å². The monoisotopic (exact) mass is 290 g/mol. The SMILES string of the molecule is CCC[C@@H]([C@H](C)NC(=O)O)N1C(=O)c2ccccc2C1=O. The van der Waals surface area contributed by atoms with Gasteiger partial charge < -0.3 is 10.4 Å². The van der Waals surface area contributed by atoms with Crippen LogP contribution < -0.4 is 5.32 Å². The molecule has 0 saturated carbocycles. The summed E-state index contributed by atoms with van der Waals surface area (Å²) < 4.78 is 0. The smallest absolute Gasteiger partial charge is 0.404 e. The summed E-state index contributed by atoms with van der Waals surface area (Å²) in [6.45, 7) is 3.59. The van der Waals surface area contributed by atoms with Gasteiger partial charge in [-0.3, -0.25) is 14.5 Å². The molecule has 2 N–H and O–H groups in total. The van der Waals surface area contributed by atoms with Crippen molar-refractivity contribution in [2.45, 2.75) is 38.8 Å². The number of nitrogens with zero attached hydrogens (tertiary/aromatic N) is 1. The fraction of sp³-hybridized carbons (Fsp3) is 0.400. The van der Waals surface area contributed by atoms with Crippen LogP contribution in [0.25, 0.3) is 0 Å². The first-order valence-corrected chi connectivity index (χ1v) is 6.93. The second kappa shape index (κ2) is 5.95. The second-order valence-electron chi connectivity index (χ2n) is 5.12. The molecule has 112 valence electrons. The Morgan fingerprint density at radius 1 is 1.24 bits per heavy atom. The van der Waals surface area contributed by atoms with Gasteiger partial charge in [0.25, 0.3) is 11.8 Å². The van der Waals surface area contributed by atoms with Crippen LogP contribution in [0, 0.1) is 0 Å². The van der Waals surface area contributed by atoms with Crippen molar-refractivity contribution in [1.29, 1.82) is 0 Å². The first-order valence-electron chi connectivity index (χ1n) is 6.93. The highest BCUT2D eigenvalue weighted by Crippen LogP contribution is 2.27. The zero-order valence-electron chi connectivity index (χ0n) is 12.0. The average molecular weight is 290 g/mol. The van der Waals surface area contributed by atoms with Crippen molar-refractivity contribution < 1.29 is 19.5 Å². The number of imide groups is 1. The summed E-state index contributed by atoms with van der Waals surface area (Å²) in [5.74, 6) is -0.707. The molecule has 0 aliphatic carbocycles. The van der Waals surface area contributed by atoms with Crippen LogP contribution in [-0.2, 0) is 0 Å². The summed E-state index contributed by atoms with van der Waals surface area (Å²) in [4.78, 5) is 36.9. The first-order chi connectivity index (χ1) is 9.97. The number of amides is 3. The van der Waals surface area contributed by atoms with Crippen LogP contribution in [0.5, 0.6) is 0 Å². The lowest BCUT2D eigenvalue weighted by Gasteiger charge is -2.31. The normalized spacial score (nSPS) is 16.6. The Hall–Kier alpha value is -2.37. The molecule has 2 rings (SSSR count). The lowest BCUT2D eigenvalue weighted by Crippen LogP contribution is -2.52. The van der Waals surface area contributed by atoms with E-state index in [-0.39, 0.29) is 11.8 Å². The molecule has 2 atom stereocenters. The highest BCUT2D eigenvalue weighted by Gasteiger charge is 2.41. The van der Waals surface area contributed by atoms with Crippen LogP contribution in [0.15, 0.2) is 24.3 Å². The predicted molar refractivity (Wildman–Crippen MR) is 76.3 cm³/mol. The van der Waals surface area contributed by atoms with Gasteiger partial charge in [0.15, 0.2) is 0 Å². The zero-order valence-corrected chi connectivity index (χ0v) is 12.0. The Labute approximate surface area is 122 Å². The van der Waals surface area contributed by atoms with Gasteiger partial charge in [-0.2, -0.15) is 0 Å². The number of benzene rings is 1. The Morgan fingerprint density at radius 3 is 2.19 bits per heavy atom. The van der Waals surface area contributed by atoms with Gasteiger partial charge in [-0.15, -0.1) is 0 Å². The van der Waals surface area contributed by atoms with Crippen LogP contribution in [0.2, 0.25) is 0 Å². The third kappa shape index (κ3) is 2.74. The highest BCUT2D eigenvalue weighted by molar-refractivity contribution is 6.21. The molecule has 0 aromatic heterocycles. The standard InChI is InChI=1S/C15H18N2O4/c1-3-6-12(9(2)16-15(20)21)17-13(18)10-7-4-5-8-11(10)14(17)19/h4-5,7-9,12,16H,3,6H2,1-2H3,(H,20,21)/t9-,12-/m0/s1. The summed E-state index contributed by atoms with van der Waals surface area (Å²) in [6.07, 6.45) is 0.122. The molecule has 1 aromatic carbocycles. The van der Waals surface area contributed by atoms with E-state index in [1.165, 1.54) is 4.90 Å². The van der Waals surface area contributed by atoms with Gasteiger partial charge in [0.05, 0.1) is 23.2 Å². The summed E-state index contributed by atoms with van der Waals surface area (Å²) in [5, 5.41) is 11.2. The molecular formula is C15H18N2O4. The average Bonchev–Trinajstić information content (AvgIpc) is 2.68. The van der Waals surface area contributed by atoms with Crippen LogP contribution in [0.3, 0.4) is 0 Å². The maximum atomic E-state index is 12.4. The number of carbonyl (C=O) groups excluding carboxylic acids is 2. The first kappa shape index (κ1) is 15.0. The molecule has 1 heterocycles. The minimum absolute atomic E-state index is 0.354. The molecule has 0 fully saturated rings. The van der Waals surface area contributed by atoms with E-state index in [1.807, 2.05) is 6.92 Å². The van der Waals surface area contributed by atoms with Crippen LogP contribution >= 0.6 is 0 Å². The summed E-state index contributed by atoms with van der Waals surface area (Å²) >= 11 is 0. The molecule has 21 heavy (non-hydrogen) atoms. The molecule has 1 aromatic rings. The van der Waals surface area contributed by atoms with Crippen molar-refractivity contribution in [3.8, 4) is 0 Å². The number of carbonyl (C=O) groups is 3. The fourth-order valence-corrected chi connectivity index (χ4v) is 2.70. The van der Waals surface area contributed by atoms with Crippen molar-refractivity contribution in [1.82, 2.24) is 10.2 Å². The summed E-state index contributed by atoms with van der Waals surface area (Å²) in [5.41, 5.74) is 0.761. The number of carboxylic acid groups (broad SMARTS) is 1. The summed E-state index contributed by atoms with van der Waals surface area (Å²) in [6, 6.07) is 5.65. The maximum absolute atomic E-state index is 12.4. The Morgan fingerprint density at radius 2 is 1.76 bits per heavy atom. The van der Waals surface area contributed by atoms with Crippen LogP contribution in [-0.4, -0.2) is 40.0 Å². The van der Waals surface area contributed by atoms with Crippen molar-refractivity contribution in [2.24, 2.45) is 0 Å². The molecular weight excluding hydrogens is 272 g/mol. The van der Waals surface area contributed by atoms with Crippen molar-refractivity contribution in [2.75, 3.05) is 0 Å².